The number of nitrogens with two attached hydrogens (primary N) is 1. The third-order valence-corrected chi connectivity index (χ3v) is 4.89. The maximum atomic E-state index is 12.9. The molecule has 0 spiro atoms. The first kappa shape index (κ1) is 20.5. The summed E-state index contributed by atoms with van der Waals surface area (Å²) in [4.78, 5) is 36.3. The molecule has 0 unspecified atom stereocenters. The maximum absolute atomic E-state index is 12.9. The van der Waals surface area contributed by atoms with Crippen molar-refractivity contribution in [2.75, 3.05) is 33.3 Å². The number of nitrogens with zero attached hydrogens (tertiary/aromatic N) is 4. The molecule has 29 heavy (non-hydrogen) atoms. The second-order valence-electron chi connectivity index (χ2n) is 7.00. The molecule has 2 amide bonds. The van der Waals surface area contributed by atoms with Crippen LogP contribution in [-0.4, -0.2) is 70.9 Å². The second kappa shape index (κ2) is 8.87. The molecule has 0 radical (unpaired) electrons. The average molecular weight is 399 g/mol. The quantitative estimate of drug-likeness (QED) is 0.784. The molecule has 3 rings (SSSR count). The Morgan fingerprint density at radius 2 is 1.86 bits per heavy atom. The van der Waals surface area contributed by atoms with Gasteiger partial charge < -0.3 is 20.1 Å². The third-order valence-electron chi connectivity index (χ3n) is 4.89. The van der Waals surface area contributed by atoms with E-state index < -0.39 is 5.91 Å². The topological polar surface area (TPSA) is 111 Å². The lowest BCUT2D eigenvalue weighted by molar-refractivity contribution is 0.0595. The number of hydrogen-bond donors (Lipinski definition) is 1. The molecule has 0 atom stereocenters. The highest BCUT2D eigenvalue weighted by Gasteiger charge is 2.24. The summed E-state index contributed by atoms with van der Waals surface area (Å²) < 4.78 is 11.1. The van der Waals surface area contributed by atoms with E-state index in [1.807, 2.05) is 4.90 Å². The van der Waals surface area contributed by atoms with Crippen molar-refractivity contribution in [1.82, 2.24) is 19.8 Å². The predicted octanol–water partition coefficient (Wildman–Crippen LogP) is 1.54. The third kappa shape index (κ3) is 4.62. The summed E-state index contributed by atoms with van der Waals surface area (Å²) in [6, 6.07) is 5.37. The number of ether oxygens (including phenoxy) is 2. The standard InChI is InChI=1S/C20H25N5O4/c1-13(2)24-6-8-25(9-7-24)20(27)14-4-5-16(17(10-14)28-3)29-19-15(18(21)26)11-22-12-23-19/h4-5,10-13H,6-9H2,1-3H3,(H2,21,26). The van der Waals surface area contributed by atoms with Crippen molar-refractivity contribution in [1.29, 1.82) is 0 Å². The van der Waals surface area contributed by atoms with Gasteiger partial charge in [-0.25, -0.2) is 9.97 Å². The van der Waals surface area contributed by atoms with Gasteiger partial charge in [-0.3, -0.25) is 14.5 Å². The summed E-state index contributed by atoms with van der Waals surface area (Å²) in [5.41, 5.74) is 5.89. The van der Waals surface area contributed by atoms with Crippen molar-refractivity contribution in [3.8, 4) is 17.4 Å². The van der Waals surface area contributed by atoms with Gasteiger partial charge in [0.25, 0.3) is 11.8 Å². The summed E-state index contributed by atoms with van der Waals surface area (Å²) in [5, 5.41) is 0. The number of carbonyl (C=O) groups is 2. The zero-order chi connectivity index (χ0) is 21.0. The molecule has 1 saturated heterocycles. The van der Waals surface area contributed by atoms with Gasteiger partial charge in [0.2, 0.25) is 5.88 Å². The number of rotatable bonds is 6. The summed E-state index contributed by atoms with van der Waals surface area (Å²) in [5.74, 6) is -0.0692. The Balaban J connectivity index is 1.77. The monoisotopic (exact) mass is 399 g/mol. The fraction of sp³-hybridized carbons (Fsp3) is 0.400. The minimum atomic E-state index is -0.702. The van der Waals surface area contributed by atoms with Gasteiger partial charge in [0.05, 0.1) is 7.11 Å². The molecule has 2 heterocycles. The lowest BCUT2D eigenvalue weighted by Gasteiger charge is -2.37. The van der Waals surface area contributed by atoms with E-state index in [2.05, 4.69) is 28.7 Å². The van der Waals surface area contributed by atoms with Gasteiger partial charge in [0.1, 0.15) is 11.9 Å². The zero-order valence-electron chi connectivity index (χ0n) is 16.8. The Morgan fingerprint density at radius 1 is 1.14 bits per heavy atom. The van der Waals surface area contributed by atoms with Crippen LogP contribution in [0.4, 0.5) is 0 Å². The van der Waals surface area contributed by atoms with Crippen LogP contribution in [-0.2, 0) is 0 Å². The molecule has 1 fully saturated rings. The van der Waals surface area contributed by atoms with E-state index >= 15 is 0 Å². The van der Waals surface area contributed by atoms with Gasteiger partial charge in [-0.2, -0.15) is 0 Å². The van der Waals surface area contributed by atoms with E-state index in [1.165, 1.54) is 19.6 Å². The summed E-state index contributed by atoms with van der Waals surface area (Å²) >= 11 is 0. The van der Waals surface area contributed by atoms with Gasteiger partial charge in [0, 0.05) is 44.0 Å². The number of primary amides is 1. The Kier molecular flexibility index (Phi) is 6.28. The number of hydrogen-bond acceptors (Lipinski definition) is 7. The highest BCUT2D eigenvalue weighted by molar-refractivity contribution is 5.95. The Labute approximate surface area is 169 Å². The van der Waals surface area contributed by atoms with Crippen LogP contribution in [0.1, 0.15) is 34.6 Å². The van der Waals surface area contributed by atoms with Crippen molar-refractivity contribution in [3.63, 3.8) is 0 Å². The highest BCUT2D eigenvalue weighted by Crippen LogP contribution is 2.33. The Morgan fingerprint density at radius 3 is 2.48 bits per heavy atom. The van der Waals surface area contributed by atoms with Crippen molar-refractivity contribution in [2.45, 2.75) is 19.9 Å². The molecular weight excluding hydrogens is 374 g/mol. The highest BCUT2D eigenvalue weighted by atomic mass is 16.5. The first-order valence-electron chi connectivity index (χ1n) is 9.39. The van der Waals surface area contributed by atoms with Gasteiger partial charge in [-0.1, -0.05) is 0 Å². The van der Waals surface area contributed by atoms with E-state index in [9.17, 15) is 9.59 Å². The largest absolute Gasteiger partial charge is 0.493 e. The van der Waals surface area contributed by atoms with Gasteiger partial charge in [0.15, 0.2) is 11.5 Å². The molecule has 9 heteroatoms. The minimum absolute atomic E-state index is 0.0229. The first-order valence-corrected chi connectivity index (χ1v) is 9.39. The van der Waals surface area contributed by atoms with Gasteiger partial charge in [-0.05, 0) is 32.0 Å². The van der Waals surface area contributed by atoms with E-state index in [0.717, 1.165) is 13.1 Å². The Hall–Kier alpha value is -3.20. The van der Waals surface area contributed by atoms with Crippen LogP contribution in [0, 0.1) is 0 Å². The maximum Gasteiger partial charge on any atom is 0.255 e. The molecule has 154 valence electrons. The van der Waals surface area contributed by atoms with E-state index in [0.29, 0.717) is 36.2 Å². The van der Waals surface area contributed by atoms with Crippen LogP contribution < -0.4 is 15.2 Å². The first-order chi connectivity index (χ1) is 13.9. The van der Waals surface area contributed by atoms with Crippen LogP contribution in [0.5, 0.6) is 17.4 Å². The smallest absolute Gasteiger partial charge is 0.255 e. The number of amides is 2. The van der Waals surface area contributed by atoms with E-state index in [4.69, 9.17) is 15.2 Å². The molecule has 9 nitrogen and oxygen atoms in total. The van der Waals surface area contributed by atoms with E-state index in [-0.39, 0.29) is 17.4 Å². The lowest BCUT2D eigenvalue weighted by Crippen LogP contribution is -2.50. The Bertz CT molecular complexity index is 894. The minimum Gasteiger partial charge on any atom is -0.493 e. The SMILES string of the molecule is COc1cc(C(=O)N2CCN(C(C)C)CC2)ccc1Oc1ncncc1C(N)=O. The fourth-order valence-corrected chi connectivity index (χ4v) is 3.18. The molecule has 1 aliphatic rings. The van der Waals surface area contributed by atoms with Crippen molar-refractivity contribution in [3.05, 3.63) is 41.9 Å². The van der Waals surface area contributed by atoms with Crippen molar-refractivity contribution in [2.24, 2.45) is 5.73 Å². The molecule has 1 aromatic carbocycles. The van der Waals surface area contributed by atoms with Crippen LogP contribution in [0.2, 0.25) is 0 Å². The molecule has 0 saturated carbocycles. The molecular formula is C20H25N5O4. The molecule has 0 aliphatic carbocycles. The normalized spacial score (nSPS) is 14.7. The zero-order valence-corrected chi connectivity index (χ0v) is 16.8. The van der Waals surface area contributed by atoms with Gasteiger partial charge >= 0.3 is 0 Å². The van der Waals surface area contributed by atoms with Crippen LogP contribution in [0.25, 0.3) is 0 Å². The van der Waals surface area contributed by atoms with E-state index in [1.54, 1.807) is 18.2 Å². The molecule has 2 aromatic rings. The molecule has 1 aromatic heterocycles. The summed E-state index contributed by atoms with van der Waals surface area (Å²) in [7, 11) is 1.48. The number of carbonyl (C=O) groups excluding carboxylic acids is 2. The van der Waals surface area contributed by atoms with Crippen molar-refractivity contribution < 1.29 is 19.1 Å². The van der Waals surface area contributed by atoms with Crippen LogP contribution >= 0.6 is 0 Å². The predicted molar refractivity (Wildman–Crippen MR) is 106 cm³/mol. The molecule has 1 aliphatic heterocycles. The van der Waals surface area contributed by atoms with Crippen LogP contribution in [0.3, 0.4) is 0 Å². The second-order valence-corrected chi connectivity index (χ2v) is 7.00. The van der Waals surface area contributed by atoms with Gasteiger partial charge in [-0.15, -0.1) is 0 Å². The summed E-state index contributed by atoms with van der Waals surface area (Å²) in [6.07, 6.45) is 2.54. The average Bonchev–Trinajstić information content (AvgIpc) is 2.73. The number of piperazine rings is 1. The fourth-order valence-electron chi connectivity index (χ4n) is 3.18. The number of benzene rings is 1. The number of methoxy groups -OCH3 is 1. The molecule has 0 bridgehead atoms. The van der Waals surface area contributed by atoms with Crippen molar-refractivity contribution >= 4 is 11.8 Å². The summed E-state index contributed by atoms with van der Waals surface area (Å²) in [6.45, 7) is 7.38. The van der Waals surface area contributed by atoms with Crippen LogP contribution in [0.15, 0.2) is 30.7 Å². The lowest BCUT2D eigenvalue weighted by atomic mass is 10.1. The molecule has 2 N–H and O–H groups in total. The number of aromatic nitrogens is 2.